The van der Waals surface area contributed by atoms with Crippen LogP contribution in [-0.4, -0.2) is 32.6 Å². The molecule has 0 spiro atoms. The van der Waals surface area contributed by atoms with Gasteiger partial charge in [0.15, 0.2) is 15.3 Å². The van der Waals surface area contributed by atoms with Crippen LogP contribution in [0.5, 0.6) is 0 Å². The van der Waals surface area contributed by atoms with Gasteiger partial charge in [0.05, 0.1) is 29.0 Å². The minimum atomic E-state index is -0.554. The van der Waals surface area contributed by atoms with Gasteiger partial charge in [-0.05, 0) is 42.7 Å². The molecule has 0 fully saturated rings. The van der Waals surface area contributed by atoms with Gasteiger partial charge in [-0.25, -0.2) is 4.98 Å². The Hall–Kier alpha value is -3.24. The van der Waals surface area contributed by atoms with Crippen molar-refractivity contribution in [3.05, 3.63) is 80.4 Å². The summed E-state index contributed by atoms with van der Waals surface area (Å²) in [6.45, 7) is 0. The highest BCUT2D eigenvalue weighted by Gasteiger charge is 2.41. The zero-order valence-corrected chi connectivity index (χ0v) is 23.6. The van der Waals surface area contributed by atoms with Crippen LogP contribution in [0.4, 0.5) is 10.8 Å². The van der Waals surface area contributed by atoms with E-state index in [0.29, 0.717) is 40.0 Å². The molecular formula is C25H19BrClN7O2S2. The first-order chi connectivity index (χ1) is 18.4. The average molecular weight is 629 g/mol. The first kappa shape index (κ1) is 26.4. The molecule has 1 atom stereocenters. The number of nitrogens with two attached hydrogens (primary N) is 1. The van der Waals surface area contributed by atoms with Gasteiger partial charge in [0.1, 0.15) is 5.82 Å². The first-order valence-electron chi connectivity index (χ1n) is 11.5. The molecule has 0 bridgehead atoms. The quantitative estimate of drug-likeness (QED) is 0.272. The molecule has 0 radical (unpaired) electrons. The third-order valence-electron chi connectivity index (χ3n) is 6.04. The molecule has 5 rings (SSSR count). The van der Waals surface area contributed by atoms with E-state index in [4.69, 9.17) is 17.3 Å². The maximum absolute atomic E-state index is 13.2. The molecule has 1 aromatic carbocycles. The maximum Gasteiger partial charge on any atom is 0.234 e. The van der Waals surface area contributed by atoms with Gasteiger partial charge >= 0.3 is 0 Å². The van der Waals surface area contributed by atoms with E-state index in [1.165, 1.54) is 29.3 Å². The number of hydrogen-bond acceptors (Lipinski definition) is 10. The predicted octanol–water partition coefficient (Wildman–Crippen LogP) is 5.38. The van der Waals surface area contributed by atoms with Gasteiger partial charge in [0.2, 0.25) is 11.0 Å². The standard InChI is InChI=1S/C25H19BrClN7O2S2/c26-14-5-1-4-13(10-14)20-15(11-28)23(29)34(17-7-2-8-18(35)21(17)20)24-32-33-25(38-24)37-12-19(36)31-16-6-3-9-30-22(16)27/h1,3-6,9-10,20H,2,7-8,12,29H2,(H,31,36). The van der Waals surface area contributed by atoms with Gasteiger partial charge in [-0.15, -0.1) is 10.2 Å². The summed E-state index contributed by atoms with van der Waals surface area (Å²) in [6, 6.07) is 13.1. The van der Waals surface area contributed by atoms with Crippen LogP contribution in [0.25, 0.3) is 0 Å². The average Bonchev–Trinajstić information content (AvgIpc) is 3.37. The van der Waals surface area contributed by atoms with E-state index in [-0.39, 0.29) is 34.0 Å². The lowest BCUT2D eigenvalue weighted by Crippen LogP contribution is -2.38. The number of carbonyl (C=O) groups excluding carboxylic acids is 2. The minimum Gasteiger partial charge on any atom is -0.384 e. The summed E-state index contributed by atoms with van der Waals surface area (Å²) < 4.78 is 1.39. The SMILES string of the molecule is N#CC1=C(N)N(c2nnc(SCC(=O)Nc3cccnc3Cl)s2)C2=C(C(=O)CCC2)C1c1cccc(Br)c1. The number of halogens is 2. The molecule has 1 unspecified atom stereocenters. The molecule has 2 aromatic heterocycles. The van der Waals surface area contributed by atoms with E-state index in [9.17, 15) is 14.9 Å². The number of carbonyl (C=O) groups is 2. The van der Waals surface area contributed by atoms with E-state index < -0.39 is 5.92 Å². The highest BCUT2D eigenvalue weighted by molar-refractivity contribution is 9.10. The number of benzene rings is 1. The Morgan fingerprint density at radius 3 is 2.92 bits per heavy atom. The number of rotatable bonds is 6. The van der Waals surface area contributed by atoms with E-state index in [1.807, 2.05) is 24.3 Å². The lowest BCUT2D eigenvalue weighted by atomic mass is 9.76. The van der Waals surface area contributed by atoms with Gasteiger partial charge in [-0.3, -0.25) is 14.5 Å². The van der Waals surface area contributed by atoms with Crippen LogP contribution in [0.3, 0.4) is 0 Å². The molecule has 2 aliphatic rings. The van der Waals surface area contributed by atoms with Crippen LogP contribution in [0.15, 0.2) is 74.1 Å². The highest BCUT2D eigenvalue weighted by Crippen LogP contribution is 2.47. The summed E-state index contributed by atoms with van der Waals surface area (Å²) in [7, 11) is 0. The fraction of sp³-hybridized carbons (Fsp3) is 0.200. The number of aromatic nitrogens is 3. The normalized spacial score (nSPS) is 17.3. The van der Waals surface area contributed by atoms with E-state index in [0.717, 1.165) is 15.7 Å². The Kier molecular flexibility index (Phi) is 7.80. The van der Waals surface area contributed by atoms with Crippen molar-refractivity contribution in [2.45, 2.75) is 29.5 Å². The topological polar surface area (TPSA) is 138 Å². The lowest BCUT2D eigenvalue weighted by molar-refractivity contribution is -0.116. The van der Waals surface area contributed by atoms with Crippen molar-refractivity contribution >= 4 is 73.1 Å². The number of pyridine rings is 1. The van der Waals surface area contributed by atoms with Crippen molar-refractivity contribution in [1.82, 2.24) is 15.2 Å². The summed E-state index contributed by atoms with van der Waals surface area (Å²) in [5.41, 5.74) is 9.42. The van der Waals surface area contributed by atoms with Crippen molar-refractivity contribution in [3.63, 3.8) is 0 Å². The van der Waals surface area contributed by atoms with Crippen molar-refractivity contribution in [2.75, 3.05) is 16.0 Å². The second-order valence-corrected chi connectivity index (χ2v) is 11.9. The zero-order valence-electron chi connectivity index (χ0n) is 19.6. The molecule has 1 aliphatic heterocycles. The maximum atomic E-state index is 13.2. The Morgan fingerprint density at radius 1 is 1.32 bits per heavy atom. The molecule has 1 aliphatic carbocycles. The summed E-state index contributed by atoms with van der Waals surface area (Å²) in [6.07, 6.45) is 3.23. The van der Waals surface area contributed by atoms with Crippen molar-refractivity contribution in [2.24, 2.45) is 5.73 Å². The van der Waals surface area contributed by atoms with Crippen LogP contribution in [0.2, 0.25) is 5.15 Å². The number of nitriles is 1. The Labute approximate surface area is 239 Å². The number of ketones is 1. The molecule has 1 amide bonds. The number of thioether (sulfide) groups is 1. The molecule has 192 valence electrons. The van der Waals surface area contributed by atoms with Crippen molar-refractivity contribution in [3.8, 4) is 6.07 Å². The monoisotopic (exact) mass is 627 g/mol. The second-order valence-electron chi connectivity index (χ2n) is 8.40. The summed E-state index contributed by atoms with van der Waals surface area (Å²) >= 11 is 11.9. The molecule has 0 saturated carbocycles. The summed E-state index contributed by atoms with van der Waals surface area (Å²) in [5, 5.41) is 22.0. The molecule has 3 N–H and O–H groups in total. The summed E-state index contributed by atoms with van der Waals surface area (Å²) in [4.78, 5) is 31.3. The third kappa shape index (κ3) is 5.19. The molecule has 3 aromatic rings. The second kappa shape index (κ2) is 11.2. The van der Waals surface area contributed by atoms with E-state index in [1.54, 1.807) is 17.0 Å². The van der Waals surface area contributed by atoms with Crippen LogP contribution >= 0.6 is 50.6 Å². The Morgan fingerprint density at radius 2 is 2.16 bits per heavy atom. The first-order valence-corrected chi connectivity index (χ1v) is 14.4. The molecular weight excluding hydrogens is 610 g/mol. The highest BCUT2D eigenvalue weighted by atomic mass is 79.9. The summed E-state index contributed by atoms with van der Waals surface area (Å²) in [5.74, 6) is -0.535. The van der Waals surface area contributed by atoms with Gasteiger partial charge in [-0.2, -0.15) is 5.26 Å². The number of amides is 1. The third-order valence-corrected chi connectivity index (χ3v) is 8.88. The molecule has 9 nitrogen and oxygen atoms in total. The molecule has 38 heavy (non-hydrogen) atoms. The van der Waals surface area contributed by atoms with Crippen molar-refractivity contribution in [1.29, 1.82) is 5.26 Å². The number of hydrogen-bond donors (Lipinski definition) is 2. The van der Waals surface area contributed by atoms with Crippen LogP contribution in [0, 0.1) is 11.3 Å². The molecule has 0 saturated heterocycles. The van der Waals surface area contributed by atoms with Gasteiger partial charge in [0, 0.05) is 28.4 Å². The van der Waals surface area contributed by atoms with Gasteiger partial charge in [-0.1, -0.05) is 62.8 Å². The number of nitrogens with one attached hydrogen (secondary N) is 1. The predicted molar refractivity (Wildman–Crippen MR) is 151 cm³/mol. The van der Waals surface area contributed by atoms with E-state index >= 15 is 0 Å². The van der Waals surface area contributed by atoms with Gasteiger partial charge < -0.3 is 11.1 Å². The molecule has 3 heterocycles. The fourth-order valence-electron chi connectivity index (χ4n) is 4.47. The van der Waals surface area contributed by atoms with Crippen molar-refractivity contribution < 1.29 is 9.59 Å². The smallest absolute Gasteiger partial charge is 0.234 e. The number of anilines is 2. The number of Topliss-reactive ketones (excluding diaryl/α,β-unsaturated/α-hetero) is 1. The lowest BCUT2D eigenvalue weighted by Gasteiger charge is -2.38. The van der Waals surface area contributed by atoms with Gasteiger partial charge in [0.25, 0.3) is 0 Å². The Bertz CT molecular complexity index is 1550. The fourth-order valence-corrected chi connectivity index (χ4v) is 6.73. The van der Waals surface area contributed by atoms with Crippen LogP contribution < -0.4 is 16.0 Å². The zero-order chi connectivity index (χ0) is 26.8. The minimum absolute atomic E-state index is 0.00803. The van der Waals surface area contributed by atoms with Crippen LogP contribution in [0.1, 0.15) is 30.7 Å². The number of nitrogens with zero attached hydrogens (tertiary/aromatic N) is 5. The largest absolute Gasteiger partial charge is 0.384 e. The Balaban J connectivity index is 1.43. The van der Waals surface area contributed by atoms with Crippen LogP contribution in [-0.2, 0) is 9.59 Å². The molecule has 13 heteroatoms. The van der Waals surface area contributed by atoms with E-state index in [2.05, 4.69) is 42.5 Å². The number of allylic oxidation sites excluding steroid dienone is 3.